The zero-order chi connectivity index (χ0) is 23.5. The van der Waals surface area contributed by atoms with Gasteiger partial charge >= 0.3 is 5.97 Å². The SMILES string of the molecule is Cc1nc(N2CCC(C(=O)NS(=O)(=O)Cc3ccccc3F)CC2)c(C#N)cc1C(=O)O. The van der Waals surface area contributed by atoms with Crippen LogP contribution in [0, 0.1) is 30.0 Å². The van der Waals surface area contributed by atoms with E-state index in [0.29, 0.717) is 31.7 Å². The number of aryl methyl sites for hydroxylation is 1. The average molecular weight is 460 g/mol. The Bertz CT molecular complexity index is 1200. The quantitative estimate of drug-likeness (QED) is 0.667. The van der Waals surface area contributed by atoms with E-state index < -0.39 is 39.4 Å². The highest BCUT2D eigenvalue weighted by Crippen LogP contribution is 2.26. The number of piperidine rings is 1. The molecule has 0 spiro atoms. The largest absolute Gasteiger partial charge is 0.478 e. The molecule has 2 heterocycles. The normalized spacial score (nSPS) is 14.6. The van der Waals surface area contributed by atoms with Gasteiger partial charge in [0.05, 0.1) is 22.6 Å². The van der Waals surface area contributed by atoms with Crippen LogP contribution in [0.1, 0.15) is 40.0 Å². The summed E-state index contributed by atoms with van der Waals surface area (Å²) in [6.07, 6.45) is 0.626. The summed E-state index contributed by atoms with van der Waals surface area (Å²) in [5.74, 6) is -3.39. The van der Waals surface area contributed by atoms with Gasteiger partial charge in [-0.05, 0) is 31.9 Å². The van der Waals surface area contributed by atoms with E-state index in [1.54, 1.807) is 4.90 Å². The number of carbonyl (C=O) groups excluding carboxylic acids is 1. The van der Waals surface area contributed by atoms with Gasteiger partial charge in [-0.2, -0.15) is 5.26 Å². The maximum absolute atomic E-state index is 13.7. The number of carboxylic acids is 1. The highest BCUT2D eigenvalue weighted by Gasteiger charge is 2.30. The minimum atomic E-state index is -4.06. The zero-order valence-corrected chi connectivity index (χ0v) is 18.0. The fraction of sp³-hybridized carbons (Fsp3) is 0.333. The summed E-state index contributed by atoms with van der Waals surface area (Å²) in [6, 6.07) is 8.67. The number of nitriles is 1. The first-order chi connectivity index (χ1) is 15.1. The molecule has 1 aromatic carbocycles. The molecule has 0 saturated carbocycles. The van der Waals surface area contributed by atoms with E-state index in [-0.39, 0.29) is 22.4 Å². The van der Waals surface area contributed by atoms with Crippen molar-refractivity contribution < 1.29 is 27.5 Å². The molecule has 9 nitrogen and oxygen atoms in total. The van der Waals surface area contributed by atoms with Gasteiger partial charge < -0.3 is 10.0 Å². The summed E-state index contributed by atoms with van der Waals surface area (Å²) in [5, 5.41) is 18.6. The minimum Gasteiger partial charge on any atom is -0.478 e. The molecule has 1 aliphatic rings. The number of carbonyl (C=O) groups is 2. The number of rotatable bonds is 6. The fourth-order valence-electron chi connectivity index (χ4n) is 3.58. The van der Waals surface area contributed by atoms with Gasteiger partial charge in [-0.15, -0.1) is 0 Å². The second kappa shape index (κ2) is 9.32. The topological polar surface area (TPSA) is 140 Å². The fourth-order valence-corrected chi connectivity index (χ4v) is 4.77. The molecule has 2 N–H and O–H groups in total. The van der Waals surface area contributed by atoms with Crippen LogP contribution in [0.2, 0.25) is 0 Å². The van der Waals surface area contributed by atoms with Gasteiger partial charge in [0, 0.05) is 24.6 Å². The molecular weight excluding hydrogens is 439 g/mol. The van der Waals surface area contributed by atoms with Crippen LogP contribution in [-0.4, -0.2) is 43.5 Å². The lowest BCUT2D eigenvalue weighted by atomic mass is 9.96. The molecule has 32 heavy (non-hydrogen) atoms. The van der Waals surface area contributed by atoms with Crippen molar-refractivity contribution in [3.63, 3.8) is 0 Å². The Morgan fingerprint density at radius 2 is 1.97 bits per heavy atom. The van der Waals surface area contributed by atoms with Crippen LogP contribution in [0.4, 0.5) is 10.2 Å². The smallest absolute Gasteiger partial charge is 0.337 e. The first kappa shape index (κ1) is 23.1. The number of halogens is 1. The van der Waals surface area contributed by atoms with Crippen molar-refractivity contribution >= 4 is 27.7 Å². The molecule has 168 valence electrons. The van der Waals surface area contributed by atoms with Gasteiger partial charge in [-0.25, -0.2) is 22.6 Å². The van der Waals surface area contributed by atoms with Crippen molar-refractivity contribution in [2.45, 2.75) is 25.5 Å². The summed E-state index contributed by atoms with van der Waals surface area (Å²) >= 11 is 0. The maximum Gasteiger partial charge on any atom is 0.337 e. The summed E-state index contributed by atoms with van der Waals surface area (Å²) in [4.78, 5) is 29.8. The third kappa shape index (κ3) is 5.20. The number of hydrogen-bond acceptors (Lipinski definition) is 7. The summed E-state index contributed by atoms with van der Waals surface area (Å²) in [6.45, 7) is 2.20. The average Bonchev–Trinajstić information content (AvgIpc) is 2.74. The van der Waals surface area contributed by atoms with E-state index in [9.17, 15) is 32.8 Å². The van der Waals surface area contributed by atoms with Crippen molar-refractivity contribution in [2.75, 3.05) is 18.0 Å². The number of amides is 1. The molecule has 2 aromatic rings. The molecule has 0 aliphatic carbocycles. The van der Waals surface area contributed by atoms with Crippen molar-refractivity contribution in [1.82, 2.24) is 9.71 Å². The van der Waals surface area contributed by atoms with E-state index in [1.807, 2.05) is 10.8 Å². The Morgan fingerprint density at radius 3 is 2.56 bits per heavy atom. The van der Waals surface area contributed by atoms with Crippen LogP contribution in [0.25, 0.3) is 0 Å². The summed E-state index contributed by atoms with van der Waals surface area (Å²) in [5.41, 5.74) is 0.298. The van der Waals surface area contributed by atoms with Crippen LogP contribution in [0.3, 0.4) is 0 Å². The van der Waals surface area contributed by atoms with Crippen LogP contribution >= 0.6 is 0 Å². The molecule has 1 aliphatic heterocycles. The molecule has 3 rings (SSSR count). The number of nitrogens with zero attached hydrogens (tertiary/aromatic N) is 3. The van der Waals surface area contributed by atoms with E-state index >= 15 is 0 Å². The number of benzene rings is 1. The number of aromatic carboxylic acids is 1. The van der Waals surface area contributed by atoms with E-state index in [2.05, 4.69) is 4.98 Å². The first-order valence-corrected chi connectivity index (χ1v) is 11.4. The number of carboxylic acid groups (broad SMARTS) is 1. The lowest BCUT2D eigenvalue weighted by Crippen LogP contribution is -2.43. The van der Waals surface area contributed by atoms with Gasteiger partial charge in [-0.3, -0.25) is 9.52 Å². The molecule has 1 amide bonds. The Balaban J connectivity index is 1.65. The van der Waals surface area contributed by atoms with Gasteiger partial charge in [0.15, 0.2) is 0 Å². The predicted octanol–water partition coefficient (Wildman–Crippen LogP) is 1.96. The van der Waals surface area contributed by atoms with Gasteiger partial charge in [0.2, 0.25) is 15.9 Å². The highest BCUT2D eigenvalue weighted by molar-refractivity contribution is 7.89. The maximum atomic E-state index is 13.7. The van der Waals surface area contributed by atoms with E-state index in [4.69, 9.17) is 0 Å². The molecule has 1 aromatic heterocycles. The number of aromatic nitrogens is 1. The molecule has 0 atom stereocenters. The Hall–Kier alpha value is -3.52. The predicted molar refractivity (Wildman–Crippen MR) is 113 cm³/mol. The third-order valence-corrected chi connectivity index (χ3v) is 6.47. The van der Waals surface area contributed by atoms with Crippen molar-refractivity contribution in [1.29, 1.82) is 5.26 Å². The second-order valence-electron chi connectivity index (χ2n) is 7.49. The van der Waals surface area contributed by atoms with Gasteiger partial charge in [0.25, 0.3) is 0 Å². The number of hydrogen-bond donors (Lipinski definition) is 2. The second-order valence-corrected chi connectivity index (χ2v) is 9.21. The monoisotopic (exact) mass is 460 g/mol. The summed E-state index contributed by atoms with van der Waals surface area (Å²) < 4.78 is 40.3. The first-order valence-electron chi connectivity index (χ1n) is 9.79. The molecular formula is C21H21FN4O5S. The number of pyridine rings is 1. The highest BCUT2D eigenvalue weighted by atomic mass is 32.2. The van der Waals surface area contributed by atoms with Crippen molar-refractivity contribution in [3.8, 4) is 6.07 Å². The van der Waals surface area contributed by atoms with E-state index in [0.717, 1.165) is 6.07 Å². The molecule has 11 heteroatoms. The molecule has 0 unspecified atom stereocenters. The van der Waals surface area contributed by atoms with Crippen LogP contribution in [0.15, 0.2) is 30.3 Å². The molecule has 0 bridgehead atoms. The molecule has 1 saturated heterocycles. The van der Waals surface area contributed by atoms with Crippen LogP contribution in [-0.2, 0) is 20.6 Å². The number of nitrogens with one attached hydrogen (secondary N) is 1. The van der Waals surface area contributed by atoms with Crippen LogP contribution < -0.4 is 9.62 Å². The van der Waals surface area contributed by atoms with Crippen LogP contribution in [0.5, 0.6) is 0 Å². The Morgan fingerprint density at radius 1 is 1.31 bits per heavy atom. The lowest BCUT2D eigenvalue weighted by Gasteiger charge is -2.32. The lowest BCUT2D eigenvalue weighted by molar-refractivity contribution is -0.123. The number of anilines is 1. The summed E-state index contributed by atoms with van der Waals surface area (Å²) in [7, 11) is -4.06. The van der Waals surface area contributed by atoms with Gasteiger partial charge in [0.1, 0.15) is 17.7 Å². The minimum absolute atomic E-state index is 0.0297. The van der Waals surface area contributed by atoms with Crippen molar-refractivity contribution in [3.05, 3.63) is 58.5 Å². The van der Waals surface area contributed by atoms with E-state index in [1.165, 1.54) is 31.2 Å². The molecule has 0 radical (unpaired) electrons. The third-order valence-electron chi connectivity index (χ3n) is 5.27. The zero-order valence-electron chi connectivity index (χ0n) is 17.2. The van der Waals surface area contributed by atoms with Gasteiger partial charge in [-0.1, -0.05) is 18.2 Å². The molecule has 1 fully saturated rings. The standard InChI is InChI=1S/C21H21FN4O5S/c1-13-17(21(28)29)10-16(11-23)19(24-13)26-8-6-14(7-9-26)20(27)25-32(30,31)12-15-4-2-3-5-18(15)22/h2-5,10,14H,6-9,12H2,1H3,(H,25,27)(H,28,29). The van der Waals surface area contributed by atoms with Crippen molar-refractivity contribution in [2.24, 2.45) is 5.92 Å². The Kier molecular flexibility index (Phi) is 6.74. The number of sulfonamides is 1. The Labute approximate surface area is 184 Å².